The minimum atomic E-state index is -0.358. The Morgan fingerprint density at radius 3 is 2.52 bits per heavy atom. The second-order valence-corrected chi connectivity index (χ2v) is 6.80. The number of carbonyl (C=O) groups excluding carboxylic acids is 2. The van der Waals surface area contributed by atoms with Crippen LogP contribution in [0.25, 0.3) is 0 Å². The van der Waals surface area contributed by atoms with Crippen molar-refractivity contribution in [1.82, 2.24) is 0 Å². The molecule has 0 bridgehead atoms. The van der Waals surface area contributed by atoms with Gasteiger partial charge in [-0.2, -0.15) is 0 Å². The van der Waals surface area contributed by atoms with Gasteiger partial charge in [0.25, 0.3) is 0 Å². The zero-order chi connectivity index (χ0) is 17.2. The van der Waals surface area contributed by atoms with E-state index in [4.69, 9.17) is 4.74 Å². The van der Waals surface area contributed by atoms with E-state index in [1.54, 1.807) is 6.92 Å². The Labute approximate surface area is 143 Å². The minimum Gasteiger partial charge on any atom is -0.462 e. The molecule has 1 N–H and O–H groups in total. The molecule has 1 aromatic heterocycles. The molecule has 1 aromatic rings. The first-order chi connectivity index (χ1) is 11.1. The van der Waals surface area contributed by atoms with Crippen molar-refractivity contribution in [2.75, 3.05) is 11.9 Å². The lowest BCUT2D eigenvalue weighted by Gasteiger charge is -2.14. The molecule has 1 amide bonds. The van der Waals surface area contributed by atoms with Crippen molar-refractivity contribution in [3.63, 3.8) is 0 Å². The number of anilines is 1. The average molecular weight is 340 g/mol. The number of nitrogens with one attached hydrogen (secondary N) is 1. The summed E-state index contributed by atoms with van der Waals surface area (Å²) in [6, 6.07) is 1.86. The molecule has 0 unspecified atom stereocenters. The van der Waals surface area contributed by atoms with Gasteiger partial charge in [0.2, 0.25) is 5.91 Å². The van der Waals surface area contributed by atoms with E-state index in [1.807, 2.05) is 13.0 Å². The normalized spacial score (nSPS) is 12.0. The molecule has 0 aliphatic carbocycles. The van der Waals surface area contributed by atoms with Gasteiger partial charge in [-0.15, -0.1) is 11.3 Å². The highest BCUT2D eigenvalue weighted by Gasteiger charge is 2.22. The quantitative estimate of drug-likeness (QED) is 0.608. The van der Waals surface area contributed by atoms with Crippen LogP contribution in [-0.2, 0) is 16.0 Å². The number of amides is 1. The highest BCUT2D eigenvalue weighted by Crippen LogP contribution is 2.31. The van der Waals surface area contributed by atoms with Crippen molar-refractivity contribution in [3.05, 3.63) is 16.5 Å². The van der Waals surface area contributed by atoms with Crippen molar-refractivity contribution in [2.45, 2.75) is 66.2 Å². The zero-order valence-electron chi connectivity index (χ0n) is 14.7. The number of hydrogen-bond acceptors (Lipinski definition) is 4. The van der Waals surface area contributed by atoms with Crippen LogP contribution in [0.1, 0.15) is 75.0 Å². The maximum absolute atomic E-state index is 12.5. The largest absolute Gasteiger partial charge is 0.462 e. The van der Waals surface area contributed by atoms with E-state index in [0.717, 1.165) is 43.4 Å². The van der Waals surface area contributed by atoms with Crippen LogP contribution in [0.4, 0.5) is 5.00 Å². The van der Waals surface area contributed by atoms with Gasteiger partial charge in [0.15, 0.2) is 0 Å². The summed E-state index contributed by atoms with van der Waals surface area (Å²) in [7, 11) is 0. The van der Waals surface area contributed by atoms with E-state index in [0.29, 0.717) is 17.2 Å². The molecule has 0 aliphatic rings. The van der Waals surface area contributed by atoms with Crippen molar-refractivity contribution < 1.29 is 14.3 Å². The van der Waals surface area contributed by atoms with Gasteiger partial charge in [0, 0.05) is 10.8 Å². The predicted octanol–water partition coefficient (Wildman–Crippen LogP) is 5.03. The molecular formula is C18H29NO3S. The van der Waals surface area contributed by atoms with Crippen molar-refractivity contribution in [1.29, 1.82) is 0 Å². The summed E-state index contributed by atoms with van der Waals surface area (Å²) in [6.07, 6.45) is 5.73. The molecule has 0 spiro atoms. The lowest BCUT2D eigenvalue weighted by Crippen LogP contribution is -2.23. The van der Waals surface area contributed by atoms with Crippen LogP contribution in [0, 0.1) is 5.92 Å². The SMILES string of the molecule is CCCC[C@@H](CC)C(=O)Nc1sc(CCC)cc1C(=O)OCC. The maximum atomic E-state index is 12.5. The van der Waals surface area contributed by atoms with E-state index in [-0.39, 0.29) is 17.8 Å². The molecule has 0 fully saturated rings. The monoisotopic (exact) mass is 339 g/mol. The molecule has 1 atom stereocenters. The van der Waals surface area contributed by atoms with Gasteiger partial charge in [0.05, 0.1) is 12.2 Å². The number of carbonyl (C=O) groups is 2. The van der Waals surface area contributed by atoms with Crippen LogP contribution in [0.3, 0.4) is 0 Å². The molecule has 0 radical (unpaired) electrons. The van der Waals surface area contributed by atoms with Gasteiger partial charge in [-0.25, -0.2) is 4.79 Å². The third-order valence-electron chi connectivity index (χ3n) is 3.78. The van der Waals surface area contributed by atoms with Crippen LogP contribution in [-0.4, -0.2) is 18.5 Å². The zero-order valence-corrected chi connectivity index (χ0v) is 15.6. The first-order valence-corrected chi connectivity index (χ1v) is 9.49. The lowest BCUT2D eigenvalue weighted by molar-refractivity contribution is -0.120. The molecule has 1 rings (SSSR count). The first-order valence-electron chi connectivity index (χ1n) is 8.67. The molecular weight excluding hydrogens is 310 g/mol. The Morgan fingerprint density at radius 1 is 1.22 bits per heavy atom. The summed E-state index contributed by atoms with van der Waals surface area (Å²) in [6.45, 7) is 8.37. The summed E-state index contributed by atoms with van der Waals surface area (Å²) < 4.78 is 5.11. The van der Waals surface area contributed by atoms with Gasteiger partial charge in [0.1, 0.15) is 5.00 Å². The number of unbranched alkanes of at least 4 members (excludes halogenated alkanes) is 1. The summed E-state index contributed by atoms with van der Waals surface area (Å²) in [5.41, 5.74) is 0.485. The number of aryl methyl sites for hydroxylation is 1. The minimum absolute atomic E-state index is 0.00159. The van der Waals surface area contributed by atoms with Gasteiger partial charge in [-0.3, -0.25) is 4.79 Å². The Bertz CT molecular complexity index is 510. The number of thiophene rings is 1. The molecule has 0 aliphatic heterocycles. The fourth-order valence-corrected chi connectivity index (χ4v) is 3.60. The molecule has 1 heterocycles. The molecule has 0 saturated carbocycles. The fourth-order valence-electron chi connectivity index (χ4n) is 2.45. The summed E-state index contributed by atoms with van der Waals surface area (Å²) in [4.78, 5) is 25.7. The van der Waals surface area contributed by atoms with E-state index in [2.05, 4.69) is 19.2 Å². The maximum Gasteiger partial charge on any atom is 0.341 e. The summed E-state index contributed by atoms with van der Waals surface area (Å²) in [5.74, 6) is -0.346. The first kappa shape index (κ1) is 19.7. The van der Waals surface area contributed by atoms with Crippen molar-refractivity contribution in [2.24, 2.45) is 5.92 Å². The Balaban J connectivity index is 2.91. The lowest BCUT2D eigenvalue weighted by atomic mass is 9.98. The van der Waals surface area contributed by atoms with Crippen LogP contribution in [0.5, 0.6) is 0 Å². The molecule has 0 aromatic carbocycles. The van der Waals surface area contributed by atoms with Crippen LogP contribution < -0.4 is 5.32 Å². The van der Waals surface area contributed by atoms with Crippen LogP contribution in [0.15, 0.2) is 6.07 Å². The number of rotatable bonds is 10. The van der Waals surface area contributed by atoms with Crippen LogP contribution >= 0.6 is 11.3 Å². The van der Waals surface area contributed by atoms with Gasteiger partial charge < -0.3 is 10.1 Å². The molecule has 5 heteroatoms. The summed E-state index contributed by atoms with van der Waals surface area (Å²) >= 11 is 1.49. The number of ether oxygens (including phenoxy) is 1. The van der Waals surface area contributed by atoms with Gasteiger partial charge in [-0.05, 0) is 32.3 Å². The summed E-state index contributed by atoms with van der Waals surface area (Å²) in [5, 5.41) is 3.60. The molecule has 4 nitrogen and oxygen atoms in total. The number of esters is 1. The third-order valence-corrected chi connectivity index (χ3v) is 4.89. The second-order valence-electron chi connectivity index (χ2n) is 5.66. The van der Waals surface area contributed by atoms with E-state index in [1.165, 1.54) is 11.3 Å². The molecule has 23 heavy (non-hydrogen) atoms. The number of hydrogen-bond donors (Lipinski definition) is 1. The predicted molar refractivity (Wildman–Crippen MR) is 96.2 cm³/mol. The molecule has 130 valence electrons. The van der Waals surface area contributed by atoms with Gasteiger partial charge in [-0.1, -0.05) is 40.0 Å². The molecule has 0 saturated heterocycles. The van der Waals surface area contributed by atoms with E-state index >= 15 is 0 Å². The van der Waals surface area contributed by atoms with Crippen molar-refractivity contribution >= 4 is 28.2 Å². The third kappa shape index (κ3) is 5.98. The Morgan fingerprint density at radius 2 is 1.96 bits per heavy atom. The highest BCUT2D eigenvalue weighted by molar-refractivity contribution is 7.16. The van der Waals surface area contributed by atoms with E-state index < -0.39 is 0 Å². The van der Waals surface area contributed by atoms with Gasteiger partial charge >= 0.3 is 5.97 Å². The second kappa shape index (κ2) is 10.4. The Hall–Kier alpha value is -1.36. The van der Waals surface area contributed by atoms with Crippen molar-refractivity contribution in [3.8, 4) is 0 Å². The standard InChI is InChI=1S/C18H29NO3S/c1-5-9-11-13(7-3)16(20)19-17-15(18(21)22-8-4)12-14(23-17)10-6-2/h12-13H,5-11H2,1-4H3,(H,19,20)/t13-/m1/s1. The fraction of sp³-hybridized carbons (Fsp3) is 0.667. The smallest absolute Gasteiger partial charge is 0.341 e. The Kier molecular flexibility index (Phi) is 8.92. The van der Waals surface area contributed by atoms with E-state index in [9.17, 15) is 9.59 Å². The average Bonchev–Trinajstić information content (AvgIpc) is 2.91. The topological polar surface area (TPSA) is 55.4 Å². The van der Waals surface area contributed by atoms with Crippen LogP contribution in [0.2, 0.25) is 0 Å². The highest BCUT2D eigenvalue weighted by atomic mass is 32.1.